The normalized spacial score (nSPS) is 23.0. The number of amides is 1. The quantitative estimate of drug-likeness (QED) is 0.905. The first-order valence-corrected chi connectivity index (χ1v) is 6.59. The minimum atomic E-state index is -0.857. The van der Waals surface area contributed by atoms with Crippen molar-refractivity contribution in [2.24, 2.45) is 11.8 Å². The smallest absolute Gasteiger partial charge is 0.307 e. The highest BCUT2D eigenvalue weighted by Gasteiger charge is 2.37. The van der Waals surface area contributed by atoms with Crippen LogP contribution in [0.1, 0.15) is 31.4 Å². The first-order valence-electron chi connectivity index (χ1n) is 6.59. The SMILES string of the molecule is CN(Cc1ccco1)C(=O)C1CCCCC1C(=O)O. The minimum absolute atomic E-state index is 0.0940. The molecule has 1 amide bonds. The second-order valence-electron chi connectivity index (χ2n) is 5.11. The Morgan fingerprint density at radius 1 is 1.37 bits per heavy atom. The Hall–Kier alpha value is -1.78. The fraction of sp³-hybridized carbons (Fsp3) is 0.571. The molecule has 2 unspecified atom stereocenters. The predicted octanol–water partition coefficient (Wildman–Crippen LogP) is 2.13. The Morgan fingerprint density at radius 2 is 2.05 bits per heavy atom. The van der Waals surface area contributed by atoms with Crippen LogP contribution in [0.2, 0.25) is 0 Å². The molecule has 1 saturated carbocycles. The summed E-state index contributed by atoms with van der Waals surface area (Å²) in [5.74, 6) is -1.18. The first kappa shape index (κ1) is 13.6. The summed E-state index contributed by atoms with van der Waals surface area (Å²) in [6.07, 6.45) is 4.64. The zero-order valence-corrected chi connectivity index (χ0v) is 11.0. The van der Waals surface area contributed by atoms with E-state index in [9.17, 15) is 14.7 Å². The van der Waals surface area contributed by atoms with Crippen molar-refractivity contribution in [2.75, 3.05) is 7.05 Å². The van der Waals surface area contributed by atoms with Gasteiger partial charge in [0.2, 0.25) is 5.91 Å². The van der Waals surface area contributed by atoms with Crippen molar-refractivity contribution in [3.05, 3.63) is 24.2 Å². The van der Waals surface area contributed by atoms with E-state index in [0.717, 1.165) is 12.8 Å². The molecule has 0 spiro atoms. The lowest BCUT2D eigenvalue weighted by atomic mass is 9.78. The number of carboxylic acids is 1. The van der Waals surface area contributed by atoms with Gasteiger partial charge >= 0.3 is 5.97 Å². The van der Waals surface area contributed by atoms with Gasteiger partial charge in [-0.1, -0.05) is 12.8 Å². The lowest BCUT2D eigenvalue weighted by molar-refractivity contribution is -0.152. The molecule has 1 aromatic rings. The van der Waals surface area contributed by atoms with Crippen LogP contribution in [0, 0.1) is 11.8 Å². The van der Waals surface area contributed by atoms with Crippen molar-refractivity contribution in [1.29, 1.82) is 0 Å². The van der Waals surface area contributed by atoms with Crippen molar-refractivity contribution in [3.8, 4) is 0 Å². The lowest BCUT2D eigenvalue weighted by Crippen LogP contribution is -2.40. The molecule has 1 fully saturated rings. The number of carbonyl (C=O) groups is 2. The summed E-state index contributed by atoms with van der Waals surface area (Å²) in [5.41, 5.74) is 0. The molecule has 104 valence electrons. The monoisotopic (exact) mass is 265 g/mol. The molecule has 0 aliphatic heterocycles. The number of carbonyl (C=O) groups excluding carboxylic acids is 1. The second-order valence-corrected chi connectivity index (χ2v) is 5.11. The van der Waals surface area contributed by atoms with Crippen LogP contribution in [0.3, 0.4) is 0 Å². The number of nitrogens with zero attached hydrogens (tertiary/aromatic N) is 1. The van der Waals surface area contributed by atoms with Gasteiger partial charge < -0.3 is 14.4 Å². The molecule has 0 aromatic carbocycles. The Labute approximate surface area is 112 Å². The van der Waals surface area contributed by atoms with Crippen molar-refractivity contribution in [2.45, 2.75) is 32.2 Å². The summed E-state index contributed by atoms with van der Waals surface area (Å²) < 4.78 is 5.21. The van der Waals surface area contributed by atoms with Gasteiger partial charge in [-0.2, -0.15) is 0 Å². The van der Waals surface area contributed by atoms with Gasteiger partial charge in [-0.25, -0.2) is 0 Å². The van der Waals surface area contributed by atoms with Crippen LogP contribution in [0.15, 0.2) is 22.8 Å². The van der Waals surface area contributed by atoms with E-state index in [4.69, 9.17) is 4.42 Å². The molecular formula is C14H19NO4. The second kappa shape index (κ2) is 5.91. The zero-order chi connectivity index (χ0) is 13.8. The highest BCUT2D eigenvalue weighted by Crippen LogP contribution is 2.31. The summed E-state index contributed by atoms with van der Waals surface area (Å²) in [6.45, 7) is 0.384. The third-order valence-electron chi connectivity index (χ3n) is 3.75. The summed E-state index contributed by atoms with van der Waals surface area (Å²) in [5, 5.41) is 9.21. The van der Waals surface area contributed by atoms with E-state index in [1.165, 1.54) is 0 Å². The lowest BCUT2D eigenvalue weighted by Gasteiger charge is -2.30. The third-order valence-corrected chi connectivity index (χ3v) is 3.75. The Morgan fingerprint density at radius 3 is 2.63 bits per heavy atom. The molecule has 2 rings (SSSR count). The van der Waals surface area contributed by atoms with Crippen LogP contribution < -0.4 is 0 Å². The van der Waals surface area contributed by atoms with Crippen molar-refractivity contribution >= 4 is 11.9 Å². The maximum Gasteiger partial charge on any atom is 0.307 e. The summed E-state index contributed by atoms with van der Waals surface area (Å²) in [7, 11) is 1.69. The number of furan rings is 1. The molecule has 2 atom stereocenters. The molecule has 1 N–H and O–H groups in total. The van der Waals surface area contributed by atoms with E-state index in [1.54, 1.807) is 30.3 Å². The molecular weight excluding hydrogens is 246 g/mol. The van der Waals surface area contributed by atoms with Gasteiger partial charge in [0.05, 0.1) is 24.6 Å². The summed E-state index contributed by atoms with van der Waals surface area (Å²) in [6, 6.07) is 3.58. The van der Waals surface area contributed by atoms with Gasteiger partial charge in [0.25, 0.3) is 0 Å². The maximum absolute atomic E-state index is 12.4. The molecule has 5 nitrogen and oxygen atoms in total. The van der Waals surface area contributed by atoms with E-state index < -0.39 is 17.8 Å². The fourth-order valence-electron chi connectivity index (χ4n) is 2.72. The topological polar surface area (TPSA) is 70.8 Å². The van der Waals surface area contributed by atoms with Gasteiger partial charge in [-0.05, 0) is 25.0 Å². The fourth-order valence-corrected chi connectivity index (χ4v) is 2.72. The van der Waals surface area contributed by atoms with E-state index >= 15 is 0 Å². The van der Waals surface area contributed by atoms with Crippen molar-refractivity contribution in [3.63, 3.8) is 0 Å². The Balaban J connectivity index is 2.02. The van der Waals surface area contributed by atoms with Crippen molar-refractivity contribution in [1.82, 2.24) is 4.90 Å². The van der Waals surface area contributed by atoms with Crippen LogP contribution in [-0.2, 0) is 16.1 Å². The molecule has 1 aromatic heterocycles. The van der Waals surface area contributed by atoms with E-state index in [2.05, 4.69) is 0 Å². The predicted molar refractivity (Wildman–Crippen MR) is 68.3 cm³/mol. The average Bonchev–Trinajstić information content (AvgIpc) is 2.90. The standard InChI is InChI=1S/C14H19NO4/c1-15(9-10-5-4-8-19-10)13(16)11-6-2-3-7-12(11)14(17)18/h4-5,8,11-12H,2-3,6-7,9H2,1H3,(H,17,18). The van der Waals surface area contributed by atoms with Crippen LogP contribution in [0.5, 0.6) is 0 Å². The minimum Gasteiger partial charge on any atom is -0.481 e. The van der Waals surface area contributed by atoms with Gasteiger partial charge in [0, 0.05) is 7.05 Å². The van der Waals surface area contributed by atoms with Crippen molar-refractivity contribution < 1.29 is 19.1 Å². The number of aliphatic carboxylic acids is 1. The van der Waals surface area contributed by atoms with Gasteiger partial charge in [0.1, 0.15) is 5.76 Å². The van der Waals surface area contributed by atoms with Gasteiger partial charge in [0.15, 0.2) is 0 Å². The molecule has 0 radical (unpaired) electrons. The van der Waals surface area contributed by atoms with Crippen LogP contribution in [-0.4, -0.2) is 28.9 Å². The van der Waals surface area contributed by atoms with Crippen LogP contribution in [0.4, 0.5) is 0 Å². The van der Waals surface area contributed by atoms with Gasteiger partial charge in [-0.15, -0.1) is 0 Å². The zero-order valence-electron chi connectivity index (χ0n) is 11.0. The molecule has 1 aliphatic rings. The van der Waals surface area contributed by atoms with E-state index in [1.807, 2.05) is 0 Å². The first-order chi connectivity index (χ1) is 9.09. The van der Waals surface area contributed by atoms with Crippen LogP contribution in [0.25, 0.3) is 0 Å². The number of hydrogen-bond donors (Lipinski definition) is 1. The molecule has 19 heavy (non-hydrogen) atoms. The van der Waals surface area contributed by atoms with E-state index in [-0.39, 0.29) is 5.91 Å². The average molecular weight is 265 g/mol. The van der Waals surface area contributed by atoms with Gasteiger partial charge in [-0.3, -0.25) is 9.59 Å². The molecule has 0 bridgehead atoms. The maximum atomic E-state index is 12.4. The number of hydrogen-bond acceptors (Lipinski definition) is 3. The highest BCUT2D eigenvalue weighted by molar-refractivity contribution is 5.84. The molecule has 1 heterocycles. The Kier molecular flexibility index (Phi) is 4.24. The molecule has 0 saturated heterocycles. The number of carboxylic acid groups (broad SMARTS) is 1. The largest absolute Gasteiger partial charge is 0.481 e. The summed E-state index contributed by atoms with van der Waals surface area (Å²) in [4.78, 5) is 25.1. The molecule has 5 heteroatoms. The van der Waals surface area contributed by atoms with E-state index in [0.29, 0.717) is 25.1 Å². The molecule has 1 aliphatic carbocycles. The summed E-state index contributed by atoms with van der Waals surface area (Å²) >= 11 is 0. The highest BCUT2D eigenvalue weighted by atomic mass is 16.4. The third kappa shape index (κ3) is 3.16. The number of rotatable bonds is 4. The Bertz CT molecular complexity index is 440. The van der Waals surface area contributed by atoms with Crippen LogP contribution >= 0.6 is 0 Å².